The molecule has 18 aromatic rings. The summed E-state index contributed by atoms with van der Waals surface area (Å²) < 4.78 is 29.1. The van der Waals surface area contributed by atoms with Crippen molar-refractivity contribution in [1.82, 2.24) is 117 Å². The lowest BCUT2D eigenvalue weighted by Gasteiger charge is -2.21. The van der Waals surface area contributed by atoms with E-state index in [0.29, 0.717) is 84.6 Å². The van der Waals surface area contributed by atoms with Gasteiger partial charge in [-0.3, -0.25) is 33.9 Å². The fourth-order valence-corrected chi connectivity index (χ4v) is 17.3. The zero-order valence-corrected chi connectivity index (χ0v) is 74.4. The van der Waals surface area contributed by atoms with Gasteiger partial charge in [-0.05, 0) is 171 Å². The van der Waals surface area contributed by atoms with Crippen LogP contribution in [0.5, 0.6) is 0 Å². The van der Waals surface area contributed by atoms with Crippen molar-refractivity contribution in [3.63, 3.8) is 0 Å². The summed E-state index contributed by atoms with van der Waals surface area (Å²) in [6.07, 6.45) is 49.6. The minimum absolute atomic E-state index is 0.0973. The van der Waals surface area contributed by atoms with Crippen LogP contribution in [0, 0.1) is 95.8 Å². The first-order valence-electron chi connectivity index (χ1n) is 43.0. The van der Waals surface area contributed by atoms with Crippen LogP contribution < -0.4 is 16.0 Å². The van der Waals surface area contributed by atoms with E-state index in [4.69, 9.17) is 29.2 Å². The molecule has 2 aliphatic carbocycles. The minimum Gasteiger partial charge on any atom is -0.360 e. The molecule has 4 unspecified atom stereocenters. The Morgan fingerprint density at radius 2 is 0.750 bits per heavy atom. The summed E-state index contributed by atoms with van der Waals surface area (Å²) in [5.41, 5.74) is 26.1. The molecule has 4 atom stereocenters. The number of nitrogens with one attached hydrogen (secondary N) is 5. The Bertz CT molecular complexity index is 7360. The number of carbonyl (C=O) groups excluding carboxylic acids is 3. The third kappa shape index (κ3) is 18.9. The second-order valence-electron chi connectivity index (χ2n) is 32.1. The van der Waals surface area contributed by atoms with Crippen LogP contribution in [0.1, 0.15) is 143 Å². The third-order valence-corrected chi connectivity index (χ3v) is 23.7. The Balaban J connectivity index is 0.000000122. The molecule has 132 heavy (non-hydrogen) atoms. The van der Waals surface area contributed by atoms with E-state index in [1.807, 2.05) is 200 Å². The lowest BCUT2D eigenvalue weighted by Crippen LogP contribution is -2.17. The van der Waals surface area contributed by atoms with Crippen molar-refractivity contribution >= 4 is 86.5 Å². The fraction of sp³-hybridized carbons (Fsp3) is 0.284. The second-order valence-corrected chi connectivity index (χ2v) is 32.1. The van der Waals surface area contributed by atoms with E-state index in [-0.39, 0.29) is 24.5 Å². The van der Waals surface area contributed by atoms with Crippen molar-refractivity contribution in [1.29, 1.82) is 10.5 Å². The summed E-state index contributed by atoms with van der Waals surface area (Å²) in [6, 6.07) is 22.9. The number of rotatable bonds is 23. The quantitative estimate of drug-likeness (QED) is 0.0293. The number of ether oxygens (including phenoxy) is 2. The van der Waals surface area contributed by atoms with E-state index >= 15 is 0 Å². The van der Waals surface area contributed by atoms with E-state index in [1.54, 1.807) is 99.9 Å². The first-order chi connectivity index (χ1) is 64.3. The number of anilines is 3. The Kier molecular flexibility index (Phi) is 27.9. The molecule has 37 nitrogen and oxygen atoms in total. The average Bonchev–Trinajstić information content (AvgIpc) is 1.63. The number of hydrogen-bond donors (Lipinski definition) is 5. The van der Waals surface area contributed by atoms with Crippen LogP contribution in [0.4, 0.5) is 34.1 Å². The third-order valence-electron chi connectivity index (χ3n) is 23.7. The minimum atomic E-state index is -0.151. The van der Waals surface area contributed by atoms with Crippen LogP contribution in [-0.2, 0) is 23.9 Å². The highest BCUT2D eigenvalue weighted by Gasteiger charge is 2.31. The molecule has 2 aliphatic rings. The first kappa shape index (κ1) is 90.0. The van der Waals surface area contributed by atoms with Crippen molar-refractivity contribution in [2.24, 2.45) is 11.8 Å². The molecular weight excluding hydrogens is 1670 g/mol. The number of H-pyrrole nitrogens is 2. The molecule has 3 amide bonds. The van der Waals surface area contributed by atoms with Gasteiger partial charge in [-0.2, -0.15) is 71.7 Å². The molecule has 0 aromatic carbocycles. The molecule has 666 valence electrons. The maximum absolute atomic E-state index is 11.1. The maximum Gasteiger partial charge on any atom is 0.216 e. The summed E-state index contributed by atoms with van der Waals surface area (Å²) in [6.45, 7) is 40.5. The highest BCUT2D eigenvalue weighted by molar-refractivity contribution is 5.97. The molecule has 0 bridgehead atoms. The van der Waals surface area contributed by atoms with Crippen LogP contribution in [0.25, 0.3) is 114 Å². The van der Waals surface area contributed by atoms with E-state index in [0.717, 1.165) is 159 Å². The summed E-state index contributed by atoms with van der Waals surface area (Å²) in [4.78, 5) is 43.4. The molecule has 18 heterocycles. The number of hydrogen-bond acceptors (Lipinski definition) is 19. The molecule has 0 spiro atoms. The maximum atomic E-state index is 11.1. The Labute approximate surface area is 758 Å². The first-order valence-corrected chi connectivity index (χ1v) is 43.0. The number of nitrogens with zero attached hydrogens (tertiary/aromatic N) is 27. The number of amides is 3. The van der Waals surface area contributed by atoms with Gasteiger partial charge in [0, 0.05) is 153 Å². The summed E-state index contributed by atoms with van der Waals surface area (Å²) >= 11 is 0. The van der Waals surface area contributed by atoms with Crippen molar-refractivity contribution in [3.8, 4) is 78.9 Å². The Hall–Kier alpha value is -16.8. The highest BCUT2D eigenvalue weighted by Crippen LogP contribution is 2.43. The Morgan fingerprint density at radius 1 is 0.424 bits per heavy atom. The number of nitriles is 2. The van der Waals surface area contributed by atoms with E-state index < -0.39 is 0 Å². The van der Waals surface area contributed by atoms with Gasteiger partial charge in [0.15, 0.2) is 0 Å². The zero-order valence-electron chi connectivity index (χ0n) is 74.4. The molecule has 5 N–H and O–H groups in total. The number of aromatic nitrogens is 24. The standard InChI is InChI=1S/C20H22N6O.C20H20N6.C16H19N5O2.C15H15N5O.C12H11N5O.C12H9N5/c1-14-8-19-20(17(22-13-27)10-24-25(19)11-14)16-9-23-26(12-16)18(6-7-21)15-4-2-3-5-15;1-14-7-8-19-20(17(22-2)12-24-26(14)19)16-11-23-25(13-16)18(9-10-21)15-5-3-4-6-15;1-4-23-12(3)20-9-13(6-18-20)16-14(17-10-22)7-19-21-8-11(2)5-15(16)21;1-10-5-6-14-15(13(16-3)8-18-20(10)14)12-7-17-19(9-12)11(2)21-4;1-8-2-11-12(9-3-14-15-4-9)10(13-7-18)5-16-17(11)6-8;1-8-3-4-11-12(9-5-14-15-6-9)10(13-2)7-16-17(8)11/h8-13,15,18H,2-6H2,1H3,(H,22,27);7-8,11-13,15,18H,3-6,9H2,1H3;5-10,12H,4H2,1-3H3,(H,17,22);5-9,11H,1-2,4H3;2-7H,1H3,(H,13,18)(H,14,15);3-7H,1H3,(H,14,15). The van der Waals surface area contributed by atoms with Gasteiger partial charge in [0.2, 0.25) is 36.3 Å². The molecule has 0 saturated heterocycles. The van der Waals surface area contributed by atoms with Crippen molar-refractivity contribution < 1.29 is 23.9 Å². The van der Waals surface area contributed by atoms with Gasteiger partial charge in [0.25, 0.3) is 0 Å². The van der Waals surface area contributed by atoms with Gasteiger partial charge in [-0.1, -0.05) is 25.7 Å². The fourth-order valence-electron chi connectivity index (χ4n) is 17.3. The van der Waals surface area contributed by atoms with Crippen molar-refractivity contribution in [2.45, 2.75) is 151 Å². The summed E-state index contributed by atoms with van der Waals surface area (Å²) in [5, 5.41) is 83.8. The molecular formula is C95H96N32O5. The molecule has 2 fully saturated rings. The topological polar surface area (TPSA) is 399 Å². The predicted molar refractivity (Wildman–Crippen MR) is 498 cm³/mol. The monoisotopic (exact) mass is 1760 g/mol. The predicted octanol–water partition coefficient (Wildman–Crippen LogP) is 18.5. The second kappa shape index (κ2) is 40.9. The molecule has 20 rings (SSSR count). The van der Waals surface area contributed by atoms with Gasteiger partial charge in [-0.15, -0.1) is 0 Å². The normalized spacial score (nSPS) is 13.3. The summed E-state index contributed by atoms with van der Waals surface area (Å²) in [5.74, 6) is 1.01. The number of aryl methyl sites for hydroxylation is 6. The smallest absolute Gasteiger partial charge is 0.216 e. The van der Waals surface area contributed by atoms with Crippen molar-refractivity contribution in [3.05, 3.63) is 253 Å². The molecule has 2 saturated carbocycles. The SMILES string of the molecule is CCOC(C)n1cc(-c2c(NC=O)cnn3cc(C)cc23)cn1.Cc1cc2c(-c3cn[nH]c3)c(NC=O)cnn2c1.Cc1cc2c(-c3cnn(C(CC#N)C4CCCC4)c3)c(NC=O)cnn2c1.[C-]#[N+]c1cnn2c(C)ccc2c1-c1cn[nH]c1.[C-]#[N+]c1cnn2c(C)ccc2c1-c1cnn(C(C)OC)c1.[C-]#[N+]c1cnn2c(C)ccc2c1-c1cnn(C(CC#N)C2CCCC2)c1. The van der Waals surface area contributed by atoms with Gasteiger partial charge in [-0.25, -0.2) is 51.0 Å². The number of aromatic amines is 2. The van der Waals surface area contributed by atoms with E-state index in [2.05, 4.69) is 114 Å². The van der Waals surface area contributed by atoms with Gasteiger partial charge in [0.05, 0.1) is 181 Å². The van der Waals surface area contributed by atoms with Crippen molar-refractivity contribution in [2.75, 3.05) is 29.7 Å². The van der Waals surface area contributed by atoms with Crippen LogP contribution in [0.2, 0.25) is 0 Å². The van der Waals surface area contributed by atoms with Crippen LogP contribution >= 0.6 is 0 Å². The molecule has 0 radical (unpaired) electrons. The van der Waals surface area contributed by atoms with Crippen LogP contribution in [-0.4, -0.2) is 150 Å². The van der Waals surface area contributed by atoms with Gasteiger partial charge < -0.3 is 25.4 Å². The lowest BCUT2D eigenvalue weighted by atomic mass is 9.96. The largest absolute Gasteiger partial charge is 0.360 e. The summed E-state index contributed by atoms with van der Waals surface area (Å²) in [7, 11) is 1.64. The zero-order chi connectivity index (χ0) is 92.6. The van der Waals surface area contributed by atoms with Gasteiger partial charge >= 0.3 is 0 Å². The van der Waals surface area contributed by atoms with E-state index in [1.165, 1.54) is 25.7 Å². The number of methoxy groups -OCH3 is 1. The average molecular weight is 1770 g/mol. The Morgan fingerprint density at radius 3 is 1.08 bits per heavy atom. The molecule has 37 heteroatoms. The lowest BCUT2D eigenvalue weighted by molar-refractivity contribution is -0.106. The highest BCUT2D eigenvalue weighted by atomic mass is 16.5. The van der Waals surface area contributed by atoms with Gasteiger partial charge in [0.1, 0.15) is 12.5 Å². The molecule has 18 aromatic heterocycles. The van der Waals surface area contributed by atoms with Crippen LogP contribution in [0.15, 0.2) is 185 Å². The molecule has 0 aliphatic heterocycles. The van der Waals surface area contributed by atoms with E-state index in [9.17, 15) is 24.9 Å². The number of fused-ring (bicyclic) bond motifs is 6. The number of carbonyl (C=O) groups is 3. The van der Waals surface area contributed by atoms with Crippen LogP contribution in [0.3, 0.4) is 0 Å².